The number of hydrogen-bond donors (Lipinski definition) is 1. The molecule has 3 heteroatoms. The Balaban J connectivity index is 2.24. The molecule has 0 spiro atoms. The van der Waals surface area contributed by atoms with Crippen LogP contribution in [0.2, 0.25) is 0 Å². The van der Waals surface area contributed by atoms with E-state index in [4.69, 9.17) is 0 Å². The Hall–Kier alpha value is -2.16. The molecule has 0 amide bonds. The van der Waals surface area contributed by atoms with Crippen molar-refractivity contribution in [2.75, 3.05) is 0 Å². The molecule has 0 unspecified atom stereocenters. The Morgan fingerprint density at radius 3 is 2.88 bits per heavy atom. The maximum absolute atomic E-state index is 13.1. The Bertz CT molecular complexity index is 686. The SMILES string of the molecule is Cc1cc(-c2c[nH]c3cc(F)ccc23)ccn1. The number of pyridine rings is 1. The van der Waals surface area contributed by atoms with Gasteiger partial charge < -0.3 is 4.98 Å². The van der Waals surface area contributed by atoms with Crippen molar-refractivity contribution in [2.45, 2.75) is 6.92 Å². The van der Waals surface area contributed by atoms with Gasteiger partial charge in [-0.2, -0.15) is 0 Å². The average molecular weight is 226 g/mol. The minimum atomic E-state index is -0.225. The number of H-pyrrole nitrogens is 1. The van der Waals surface area contributed by atoms with E-state index >= 15 is 0 Å². The fraction of sp³-hybridized carbons (Fsp3) is 0.0714. The van der Waals surface area contributed by atoms with Gasteiger partial charge in [-0.25, -0.2) is 4.39 Å². The number of aryl methyl sites for hydroxylation is 1. The van der Waals surface area contributed by atoms with Gasteiger partial charge in [0.25, 0.3) is 0 Å². The van der Waals surface area contributed by atoms with Crippen LogP contribution in [0, 0.1) is 12.7 Å². The molecule has 0 aliphatic carbocycles. The van der Waals surface area contributed by atoms with Crippen molar-refractivity contribution in [2.24, 2.45) is 0 Å². The summed E-state index contributed by atoms with van der Waals surface area (Å²) in [5, 5.41) is 1.03. The second kappa shape index (κ2) is 3.70. The first-order valence-corrected chi connectivity index (χ1v) is 5.44. The van der Waals surface area contributed by atoms with Crippen LogP contribution in [-0.2, 0) is 0 Å². The standard InChI is InChI=1S/C14H11FN2/c1-9-6-10(4-5-16-9)13-8-17-14-7-11(15)2-3-12(13)14/h2-8,17H,1H3. The summed E-state index contributed by atoms with van der Waals surface area (Å²) < 4.78 is 13.1. The van der Waals surface area contributed by atoms with Crippen LogP contribution in [0.5, 0.6) is 0 Å². The van der Waals surface area contributed by atoms with Gasteiger partial charge in [-0.15, -0.1) is 0 Å². The maximum atomic E-state index is 13.1. The predicted octanol–water partition coefficient (Wildman–Crippen LogP) is 3.68. The van der Waals surface area contributed by atoms with Crippen LogP contribution in [0.15, 0.2) is 42.7 Å². The molecule has 0 bridgehead atoms. The zero-order valence-corrected chi connectivity index (χ0v) is 9.37. The summed E-state index contributed by atoms with van der Waals surface area (Å²) in [4.78, 5) is 7.26. The molecule has 0 atom stereocenters. The number of nitrogens with one attached hydrogen (secondary N) is 1. The molecular formula is C14H11FN2. The van der Waals surface area contributed by atoms with Gasteiger partial charge in [0.1, 0.15) is 5.82 Å². The molecule has 0 fully saturated rings. The van der Waals surface area contributed by atoms with Crippen LogP contribution in [0.4, 0.5) is 4.39 Å². The highest BCUT2D eigenvalue weighted by molar-refractivity contribution is 5.95. The van der Waals surface area contributed by atoms with Crippen molar-refractivity contribution < 1.29 is 4.39 Å². The monoisotopic (exact) mass is 226 g/mol. The third-order valence-corrected chi connectivity index (χ3v) is 2.85. The first-order chi connectivity index (χ1) is 8.24. The third-order valence-electron chi connectivity index (χ3n) is 2.85. The molecule has 0 radical (unpaired) electrons. The van der Waals surface area contributed by atoms with Gasteiger partial charge in [-0.05, 0) is 42.8 Å². The van der Waals surface area contributed by atoms with Crippen molar-refractivity contribution in [3.63, 3.8) is 0 Å². The summed E-state index contributed by atoms with van der Waals surface area (Å²) in [7, 11) is 0. The van der Waals surface area contributed by atoms with E-state index in [1.165, 1.54) is 12.1 Å². The molecule has 2 heterocycles. The summed E-state index contributed by atoms with van der Waals surface area (Å²) in [5.74, 6) is -0.225. The van der Waals surface area contributed by atoms with Gasteiger partial charge in [-0.3, -0.25) is 4.98 Å². The summed E-state index contributed by atoms with van der Waals surface area (Å²) >= 11 is 0. The lowest BCUT2D eigenvalue weighted by atomic mass is 10.1. The Morgan fingerprint density at radius 2 is 2.06 bits per heavy atom. The second-order valence-electron chi connectivity index (χ2n) is 4.08. The van der Waals surface area contributed by atoms with Crippen LogP contribution >= 0.6 is 0 Å². The van der Waals surface area contributed by atoms with Gasteiger partial charge in [0.05, 0.1) is 0 Å². The Morgan fingerprint density at radius 1 is 1.18 bits per heavy atom. The molecule has 0 aliphatic heterocycles. The van der Waals surface area contributed by atoms with E-state index < -0.39 is 0 Å². The first-order valence-electron chi connectivity index (χ1n) is 5.44. The van der Waals surface area contributed by atoms with Crippen molar-refractivity contribution in [1.29, 1.82) is 0 Å². The highest BCUT2D eigenvalue weighted by Gasteiger charge is 2.06. The third kappa shape index (κ3) is 1.69. The molecule has 1 N–H and O–H groups in total. The maximum Gasteiger partial charge on any atom is 0.125 e. The second-order valence-corrected chi connectivity index (χ2v) is 4.08. The van der Waals surface area contributed by atoms with Gasteiger partial charge in [0.15, 0.2) is 0 Å². The van der Waals surface area contributed by atoms with Crippen LogP contribution in [-0.4, -0.2) is 9.97 Å². The summed E-state index contributed by atoms with van der Waals surface area (Å²) in [6, 6.07) is 8.76. The van der Waals surface area contributed by atoms with E-state index in [-0.39, 0.29) is 5.82 Å². The number of nitrogens with zero attached hydrogens (tertiary/aromatic N) is 1. The van der Waals surface area contributed by atoms with Crippen LogP contribution < -0.4 is 0 Å². The number of benzene rings is 1. The molecule has 2 nitrogen and oxygen atoms in total. The molecule has 0 saturated carbocycles. The molecular weight excluding hydrogens is 215 g/mol. The number of fused-ring (bicyclic) bond motifs is 1. The van der Waals surface area contributed by atoms with Gasteiger partial charge in [0, 0.05) is 34.6 Å². The number of aromatic nitrogens is 2. The molecule has 2 aromatic heterocycles. The average Bonchev–Trinajstić information content (AvgIpc) is 2.71. The topological polar surface area (TPSA) is 28.7 Å². The van der Waals surface area contributed by atoms with Crippen molar-refractivity contribution in [3.05, 3.63) is 54.2 Å². The van der Waals surface area contributed by atoms with E-state index in [0.717, 1.165) is 27.7 Å². The number of halogens is 1. The van der Waals surface area contributed by atoms with E-state index in [2.05, 4.69) is 9.97 Å². The molecule has 84 valence electrons. The molecule has 0 aliphatic rings. The van der Waals surface area contributed by atoms with E-state index in [1.54, 1.807) is 12.3 Å². The fourth-order valence-electron chi connectivity index (χ4n) is 2.05. The summed E-state index contributed by atoms with van der Waals surface area (Å²) in [6.07, 6.45) is 3.69. The normalized spacial score (nSPS) is 10.9. The van der Waals surface area contributed by atoms with Gasteiger partial charge in [-0.1, -0.05) is 0 Å². The number of aromatic amines is 1. The van der Waals surface area contributed by atoms with Crippen LogP contribution in [0.1, 0.15) is 5.69 Å². The lowest BCUT2D eigenvalue weighted by Gasteiger charge is -2.00. The van der Waals surface area contributed by atoms with Gasteiger partial charge >= 0.3 is 0 Å². The summed E-state index contributed by atoms with van der Waals surface area (Å²) in [6.45, 7) is 1.96. The lowest BCUT2D eigenvalue weighted by molar-refractivity contribution is 0.629. The van der Waals surface area contributed by atoms with E-state index in [1.807, 2.05) is 25.3 Å². The zero-order valence-electron chi connectivity index (χ0n) is 9.37. The smallest absolute Gasteiger partial charge is 0.125 e. The van der Waals surface area contributed by atoms with Gasteiger partial charge in [0.2, 0.25) is 0 Å². The predicted molar refractivity (Wildman–Crippen MR) is 66.2 cm³/mol. The largest absolute Gasteiger partial charge is 0.360 e. The Labute approximate surface area is 98.1 Å². The minimum Gasteiger partial charge on any atom is -0.360 e. The molecule has 3 aromatic rings. The highest BCUT2D eigenvalue weighted by atomic mass is 19.1. The fourth-order valence-corrected chi connectivity index (χ4v) is 2.05. The van der Waals surface area contributed by atoms with Crippen molar-refractivity contribution in [3.8, 4) is 11.1 Å². The molecule has 17 heavy (non-hydrogen) atoms. The number of rotatable bonds is 1. The quantitative estimate of drug-likeness (QED) is 0.673. The van der Waals surface area contributed by atoms with E-state index in [9.17, 15) is 4.39 Å². The van der Waals surface area contributed by atoms with Crippen molar-refractivity contribution in [1.82, 2.24) is 9.97 Å². The summed E-state index contributed by atoms with van der Waals surface area (Å²) in [5.41, 5.74) is 3.95. The highest BCUT2D eigenvalue weighted by Crippen LogP contribution is 2.28. The van der Waals surface area contributed by atoms with Crippen LogP contribution in [0.3, 0.4) is 0 Å². The van der Waals surface area contributed by atoms with Crippen molar-refractivity contribution >= 4 is 10.9 Å². The van der Waals surface area contributed by atoms with E-state index in [0.29, 0.717) is 0 Å². The molecule has 1 aromatic carbocycles. The molecule has 0 saturated heterocycles. The Kier molecular flexibility index (Phi) is 2.18. The number of hydrogen-bond acceptors (Lipinski definition) is 1. The molecule has 3 rings (SSSR count). The first kappa shape index (κ1) is 10.0. The lowest BCUT2D eigenvalue weighted by Crippen LogP contribution is -1.81. The minimum absolute atomic E-state index is 0.225. The zero-order chi connectivity index (χ0) is 11.8. The van der Waals surface area contributed by atoms with Crippen LogP contribution in [0.25, 0.3) is 22.0 Å².